The van der Waals surface area contributed by atoms with Crippen molar-refractivity contribution in [3.8, 4) is 34.8 Å². The summed E-state index contributed by atoms with van der Waals surface area (Å²) < 4.78 is 17.6. The highest BCUT2D eigenvalue weighted by molar-refractivity contribution is 6.05. The van der Waals surface area contributed by atoms with Crippen LogP contribution in [0.1, 0.15) is 61.5 Å². The molecule has 50 heavy (non-hydrogen) atoms. The maximum Gasteiger partial charge on any atom is 0.270 e. The molecule has 4 N–H and O–H groups in total. The summed E-state index contributed by atoms with van der Waals surface area (Å²) in [6, 6.07) is 9.31. The van der Waals surface area contributed by atoms with Gasteiger partial charge in [-0.15, -0.1) is 0 Å². The van der Waals surface area contributed by atoms with E-state index in [0.717, 1.165) is 10.9 Å². The Morgan fingerprint density at radius 1 is 0.960 bits per heavy atom. The zero-order valence-electron chi connectivity index (χ0n) is 28.9. The molecule has 5 atom stereocenters. The molecule has 1 aromatic heterocycles. The van der Waals surface area contributed by atoms with Crippen molar-refractivity contribution in [2.45, 2.75) is 63.5 Å². The smallest absolute Gasteiger partial charge is 0.270 e. The van der Waals surface area contributed by atoms with Gasteiger partial charge < -0.3 is 34.8 Å². The second-order valence-corrected chi connectivity index (χ2v) is 13.2. The van der Waals surface area contributed by atoms with Gasteiger partial charge in [0, 0.05) is 69.2 Å². The van der Waals surface area contributed by atoms with Gasteiger partial charge in [-0.05, 0) is 45.2 Å². The molecule has 3 aliphatic rings. The van der Waals surface area contributed by atoms with Crippen LogP contribution >= 0.6 is 0 Å². The number of benzene rings is 3. The van der Waals surface area contributed by atoms with E-state index in [9.17, 15) is 25.4 Å². The van der Waals surface area contributed by atoms with Gasteiger partial charge in [0.2, 0.25) is 0 Å². The molecule has 12 nitrogen and oxygen atoms in total. The van der Waals surface area contributed by atoms with Crippen molar-refractivity contribution in [1.82, 2.24) is 20.1 Å². The molecule has 0 unspecified atom stereocenters. The minimum atomic E-state index is -0.719. The lowest BCUT2D eigenvalue weighted by Gasteiger charge is -2.60. The summed E-state index contributed by atoms with van der Waals surface area (Å²) in [6.07, 6.45) is 2.34. The van der Waals surface area contributed by atoms with Crippen LogP contribution in [0, 0.1) is 25.2 Å². The van der Waals surface area contributed by atoms with Gasteiger partial charge in [0.1, 0.15) is 29.0 Å². The number of ether oxygens (including phenoxy) is 3. The van der Waals surface area contributed by atoms with Crippen LogP contribution in [-0.4, -0.2) is 89.1 Å². The Bertz CT molecular complexity index is 2070. The molecule has 1 saturated heterocycles. The molecular weight excluding hydrogens is 638 g/mol. The molecular formula is C38H41N5O7. The van der Waals surface area contributed by atoms with Crippen molar-refractivity contribution >= 4 is 16.7 Å². The third-order valence-electron chi connectivity index (χ3n) is 11.1. The average molecular weight is 680 g/mol. The highest BCUT2D eigenvalue weighted by Crippen LogP contribution is 2.58. The number of aromatic nitrogens is 1. The zero-order chi connectivity index (χ0) is 35.6. The Morgan fingerprint density at radius 3 is 2.30 bits per heavy atom. The lowest BCUT2D eigenvalue weighted by molar-refractivity contribution is -0.0724. The molecule has 0 aliphatic carbocycles. The number of aliphatic hydroxyl groups excluding tert-OH is 1. The normalized spacial score (nSPS) is 22.6. The minimum absolute atomic E-state index is 0.0125. The number of piperazine rings is 1. The Balaban J connectivity index is 1.43. The second kappa shape index (κ2) is 12.7. The molecule has 0 saturated carbocycles. The summed E-state index contributed by atoms with van der Waals surface area (Å²) in [5.74, 6) is 0.982. The van der Waals surface area contributed by atoms with E-state index in [1.807, 2.05) is 44.3 Å². The number of carbonyl (C=O) groups is 1. The number of fused-ring (bicyclic) bond motifs is 8. The number of nitrogens with one attached hydrogen (secondary N) is 1. The van der Waals surface area contributed by atoms with Crippen LogP contribution in [0.25, 0.3) is 10.8 Å². The van der Waals surface area contributed by atoms with Crippen LogP contribution in [-0.2, 0) is 19.4 Å². The first kappa shape index (κ1) is 33.4. The first-order valence-corrected chi connectivity index (χ1v) is 16.6. The van der Waals surface area contributed by atoms with Crippen molar-refractivity contribution in [2.75, 3.05) is 34.9 Å². The fourth-order valence-electron chi connectivity index (χ4n) is 9.01. The quantitative estimate of drug-likeness (QED) is 0.224. The SMILES string of the molecule is COc1c(C)c(OC)c2c(c1O)[C@@H]1[C@@H]3Cc4c(OC)c(C)c(CO)c(O)c4[C@H](CNC(=O)c4nccc5ccccc45)N3[C@@H](C#N)[C@H](C2)N1C. The molecule has 3 aliphatic heterocycles. The number of pyridine rings is 1. The summed E-state index contributed by atoms with van der Waals surface area (Å²) in [7, 11) is 6.62. The van der Waals surface area contributed by atoms with Crippen LogP contribution in [0.4, 0.5) is 0 Å². The molecule has 260 valence electrons. The molecule has 4 heterocycles. The molecule has 7 rings (SSSR count). The number of nitriles is 1. The van der Waals surface area contributed by atoms with Gasteiger partial charge in [0.15, 0.2) is 11.5 Å². The number of aromatic hydroxyl groups is 2. The van der Waals surface area contributed by atoms with Crippen molar-refractivity contribution in [1.29, 1.82) is 5.26 Å². The number of hydrogen-bond donors (Lipinski definition) is 4. The number of aliphatic hydroxyl groups is 1. The molecule has 12 heteroatoms. The van der Waals surface area contributed by atoms with Crippen molar-refractivity contribution < 1.29 is 34.3 Å². The largest absolute Gasteiger partial charge is 0.507 e. The number of phenolic OH excluding ortho intramolecular Hbond substituents is 1. The minimum Gasteiger partial charge on any atom is -0.507 e. The van der Waals surface area contributed by atoms with Crippen LogP contribution in [0.15, 0.2) is 36.5 Å². The second-order valence-electron chi connectivity index (χ2n) is 13.2. The third kappa shape index (κ3) is 4.68. The van der Waals surface area contributed by atoms with E-state index in [4.69, 9.17) is 14.2 Å². The molecule has 1 amide bonds. The van der Waals surface area contributed by atoms with Gasteiger partial charge >= 0.3 is 0 Å². The van der Waals surface area contributed by atoms with Crippen LogP contribution in [0.3, 0.4) is 0 Å². The summed E-state index contributed by atoms with van der Waals surface area (Å²) in [5, 5.41) is 49.7. The van der Waals surface area contributed by atoms with Crippen molar-refractivity contribution in [3.63, 3.8) is 0 Å². The summed E-state index contributed by atoms with van der Waals surface area (Å²) in [4.78, 5) is 22.5. The summed E-state index contributed by atoms with van der Waals surface area (Å²) >= 11 is 0. The molecule has 3 aromatic carbocycles. The number of hydrogen-bond acceptors (Lipinski definition) is 11. The number of likely N-dealkylation sites (N-methyl/N-ethyl adjacent to an activating group) is 1. The molecule has 0 radical (unpaired) electrons. The number of nitrogens with zero attached hydrogens (tertiary/aromatic N) is 4. The zero-order valence-corrected chi connectivity index (χ0v) is 28.9. The van der Waals surface area contributed by atoms with Gasteiger partial charge in [0.05, 0.1) is 46.1 Å². The highest BCUT2D eigenvalue weighted by atomic mass is 16.5. The standard InChI is InChI=1S/C38H41N5O7/c1-18-24(17-44)33(45)29-22(35(18)48-4)14-26-32-30-23(36(49-5)19(2)37(50-6)34(30)46)13-25(42(32)3)27(15-39)43(26)28(29)16-41-38(47)31-21-10-8-7-9-20(21)11-12-40-31/h7-12,25-28,32,44-46H,13-14,16-17H2,1-6H3,(H,41,47)/t25-,26-,27-,28-,32-/m0/s1. The first-order chi connectivity index (χ1) is 24.1. The van der Waals surface area contributed by atoms with Crippen molar-refractivity contribution in [3.05, 3.63) is 81.2 Å². The monoisotopic (exact) mass is 679 g/mol. The van der Waals surface area contributed by atoms with Gasteiger partial charge in [-0.3, -0.25) is 19.6 Å². The highest BCUT2D eigenvalue weighted by Gasteiger charge is 2.57. The third-order valence-corrected chi connectivity index (χ3v) is 11.1. The topological polar surface area (TPSA) is 161 Å². The first-order valence-electron chi connectivity index (χ1n) is 16.6. The molecule has 2 bridgehead atoms. The summed E-state index contributed by atoms with van der Waals surface area (Å²) in [6.45, 7) is 3.22. The van der Waals surface area contributed by atoms with Gasteiger partial charge in [-0.25, -0.2) is 0 Å². The number of carbonyl (C=O) groups excluding carboxylic acids is 1. The van der Waals surface area contributed by atoms with Crippen LogP contribution < -0.4 is 19.5 Å². The van der Waals surface area contributed by atoms with Gasteiger partial charge in [-0.2, -0.15) is 5.26 Å². The van der Waals surface area contributed by atoms with Crippen LogP contribution in [0.2, 0.25) is 0 Å². The van der Waals surface area contributed by atoms with E-state index in [0.29, 0.717) is 68.9 Å². The van der Waals surface area contributed by atoms with Crippen molar-refractivity contribution in [2.24, 2.45) is 0 Å². The summed E-state index contributed by atoms with van der Waals surface area (Å²) in [5.41, 5.74) is 4.56. The van der Waals surface area contributed by atoms with E-state index >= 15 is 0 Å². The van der Waals surface area contributed by atoms with Gasteiger partial charge in [-0.1, -0.05) is 24.3 Å². The number of amides is 1. The Labute approximate surface area is 290 Å². The Hall–Kier alpha value is -5.09. The Kier molecular flexibility index (Phi) is 8.46. The number of phenols is 2. The predicted molar refractivity (Wildman–Crippen MR) is 185 cm³/mol. The number of methoxy groups -OCH3 is 3. The van der Waals surface area contributed by atoms with E-state index in [1.165, 1.54) is 7.11 Å². The van der Waals surface area contributed by atoms with Crippen LogP contribution in [0.5, 0.6) is 28.7 Å². The maximum atomic E-state index is 13.9. The molecule has 0 spiro atoms. The molecule has 1 fully saturated rings. The maximum absolute atomic E-state index is 13.9. The van der Waals surface area contributed by atoms with E-state index in [-0.39, 0.29) is 29.8 Å². The Morgan fingerprint density at radius 2 is 1.62 bits per heavy atom. The predicted octanol–water partition coefficient (Wildman–Crippen LogP) is 3.98. The fraction of sp³-hybridized carbons (Fsp3) is 0.395. The molecule has 4 aromatic rings. The van der Waals surface area contributed by atoms with E-state index in [1.54, 1.807) is 27.3 Å². The lowest BCUT2D eigenvalue weighted by atomic mass is 9.71. The fourth-order valence-corrected chi connectivity index (χ4v) is 9.01. The lowest BCUT2D eigenvalue weighted by Crippen LogP contribution is -2.68. The van der Waals surface area contributed by atoms with E-state index in [2.05, 4.69) is 26.2 Å². The van der Waals surface area contributed by atoms with Gasteiger partial charge in [0.25, 0.3) is 5.91 Å². The van der Waals surface area contributed by atoms with E-state index < -0.39 is 36.7 Å². The number of rotatable bonds is 7. The average Bonchev–Trinajstić information content (AvgIpc) is 3.11.